The Labute approximate surface area is 119 Å². The number of rotatable bonds is 8. The highest BCUT2D eigenvalue weighted by Crippen LogP contribution is 2.24. The van der Waals surface area contributed by atoms with Crippen LogP contribution in [0.15, 0.2) is 18.2 Å². The molecule has 0 aliphatic carbocycles. The molecule has 1 rings (SSSR count). The molecule has 0 amide bonds. The van der Waals surface area contributed by atoms with Gasteiger partial charge in [-0.2, -0.15) is 4.39 Å². The van der Waals surface area contributed by atoms with E-state index in [0.29, 0.717) is 12.0 Å². The van der Waals surface area contributed by atoms with E-state index in [9.17, 15) is 14.5 Å². The molecule has 2 atom stereocenters. The first-order valence-electron chi connectivity index (χ1n) is 7.16. The van der Waals surface area contributed by atoms with Crippen molar-refractivity contribution in [2.75, 3.05) is 6.54 Å². The predicted molar refractivity (Wildman–Crippen MR) is 78.3 cm³/mol. The molecule has 0 saturated carbocycles. The molecule has 1 aromatic rings. The number of benzene rings is 1. The normalized spacial score (nSPS) is 14.0. The average Bonchev–Trinajstić information content (AvgIpc) is 2.43. The van der Waals surface area contributed by atoms with Gasteiger partial charge in [-0.3, -0.25) is 10.1 Å². The third kappa shape index (κ3) is 4.27. The van der Waals surface area contributed by atoms with Crippen molar-refractivity contribution in [2.24, 2.45) is 5.92 Å². The highest BCUT2D eigenvalue weighted by molar-refractivity contribution is 5.37. The molecule has 0 aromatic heterocycles. The largest absolute Gasteiger partial charge is 0.314 e. The SMILES string of the molecule is CCCNC(C)C(CC)Cc1cccc([N+](=O)[O-])c1F. The van der Waals surface area contributed by atoms with Crippen molar-refractivity contribution in [1.82, 2.24) is 5.32 Å². The van der Waals surface area contributed by atoms with Gasteiger partial charge in [-0.1, -0.05) is 32.4 Å². The van der Waals surface area contributed by atoms with E-state index in [1.54, 1.807) is 12.1 Å². The maximum Gasteiger partial charge on any atom is 0.305 e. The van der Waals surface area contributed by atoms with Gasteiger partial charge in [0, 0.05) is 12.1 Å². The van der Waals surface area contributed by atoms with E-state index in [-0.39, 0.29) is 12.0 Å². The van der Waals surface area contributed by atoms with Crippen LogP contribution in [0.5, 0.6) is 0 Å². The Hall–Kier alpha value is -1.49. The smallest absolute Gasteiger partial charge is 0.305 e. The summed E-state index contributed by atoms with van der Waals surface area (Å²) < 4.78 is 14.1. The second kappa shape index (κ2) is 7.94. The lowest BCUT2D eigenvalue weighted by Gasteiger charge is -2.24. The lowest BCUT2D eigenvalue weighted by molar-refractivity contribution is -0.387. The summed E-state index contributed by atoms with van der Waals surface area (Å²) >= 11 is 0. The number of nitro benzene ring substituents is 1. The molecule has 0 radical (unpaired) electrons. The molecule has 0 aliphatic rings. The molecule has 112 valence electrons. The van der Waals surface area contributed by atoms with Gasteiger partial charge in [0.25, 0.3) is 0 Å². The van der Waals surface area contributed by atoms with Gasteiger partial charge in [-0.05, 0) is 37.8 Å². The Morgan fingerprint density at radius 1 is 1.40 bits per heavy atom. The van der Waals surface area contributed by atoms with Crippen LogP contribution in [-0.2, 0) is 6.42 Å². The van der Waals surface area contributed by atoms with Gasteiger partial charge in [0.05, 0.1) is 4.92 Å². The van der Waals surface area contributed by atoms with E-state index >= 15 is 0 Å². The minimum absolute atomic E-state index is 0.262. The topological polar surface area (TPSA) is 55.2 Å². The van der Waals surface area contributed by atoms with Crippen LogP contribution in [0, 0.1) is 21.8 Å². The molecule has 1 N–H and O–H groups in total. The quantitative estimate of drug-likeness (QED) is 0.584. The number of hydrogen-bond donors (Lipinski definition) is 1. The summed E-state index contributed by atoms with van der Waals surface area (Å²) in [5, 5.41) is 14.2. The van der Waals surface area contributed by atoms with Crippen molar-refractivity contribution in [2.45, 2.75) is 46.1 Å². The predicted octanol–water partition coefficient (Wildman–Crippen LogP) is 3.69. The first kappa shape index (κ1) is 16.6. The van der Waals surface area contributed by atoms with Gasteiger partial charge in [-0.15, -0.1) is 0 Å². The maximum absolute atomic E-state index is 14.1. The molecular weight excluding hydrogens is 259 g/mol. The van der Waals surface area contributed by atoms with Gasteiger partial charge in [0.1, 0.15) is 0 Å². The Morgan fingerprint density at radius 2 is 2.10 bits per heavy atom. The van der Waals surface area contributed by atoms with Crippen molar-refractivity contribution >= 4 is 5.69 Å². The first-order valence-corrected chi connectivity index (χ1v) is 7.16. The van der Waals surface area contributed by atoms with Gasteiger partial charge in [-0.25, -0.2) is 0 Å². The first-order chi connectivity index (χ1) is 9.51. The summed E-state index contributed by atoms with van der Waals surface area (Å²) in [6.07, 6.45) is 2.47. The summed E-state index contributed by atoms with van der Waals surface area (Å²) in [4.78, 5) is 10.1. The summed E-state index contributed by atoms with van der Waals surface area (Å²) in [5.41, 5.74) is -0.0114. The Morgan fingerprint density at radius 3 is 2.65 bits per heavy atom. The zero-order chi connectivity index (χ0) is 15.1. The fraction of sp³-hybridized carbons (Fsp3) is 0.600. The van der Waals surface area contributed by atoms with Crippen LogP contribution in [-0.4, -0.2) is 17.5 Å². The third-order valence-electron chi connectivity index (χ3n) is 3.68. The number of nitrogens with zero attached hydrogens (tertiary/aromatic N) is 1. The molecule has 4 nitrogen and oxygen atoms in total. The highest BCUT2D eigenvalue weighted by atomic mass is 19.1. The van der Waals surface area contributed by atoms with Crippen molar-refractivity contribution in [3.05, 3.63) is 39.7 Å². The van der Waals surface area contributed by atoms with Crippen LogP contribution in [0.3, 0.4) is 0 Å². The minimum atomic E-state index is -0.696. The van der Waals surface area contributed by atoms with Gasteiger partial charge >= 0.3 is 5.69 Å². The third-order valence-corrected chi connectivity index (χ3v) is 3.68. The molecule has 0 spiro atoms. The molecule has 20 heavy (non-hydrogen) atoms. The number of nitro groups is 1. The maximum atomic E-state index is 14.1. The van der Waals surface area contributed by atoms with Gasteiger partial charge in [0.15, 0.2) is 0 Å². The average molecular weight is 282 g/mol. The van der Waals surface area contributed by atoms with Crippen molar-refractivity contribution in [3.63, 3.8) is 0 Å². The Balaban J connectivity index is 2.85. The number of halogens is 1. The van der Waals surface area contributed by atoms with E-state index in [0.717, 1.165) is 19.4 Å². The summed E-state index contributed by atoms with van der Waals surface area (Å²) in [5.74, 6) is -0.434. The molecule has 0 fully saturated rings. The molecule has 1 aromatic carbocycles. The van der Waals surface area contributed by atoms with E-state index in [1.165, 1.54) is 6.07 Å². The van der Waals surface area contributed by atoms with E-state index in [2.05, 4.69) is 26.1 Å². The van der Waals surface area contributed by atoms with Crippen LogP contribution in [0.4, 0.5) is 10.1 Å². The molecule has 0 bridgehead atoms. The fourth-order valence-corrected chi connectivity index (χ4v) is 2.36. The van der Waals surface area contributed by atoms with Crippen molar-refractivity contribution in [1.29, 1.82) is 0 Å². The van der Waals surface area contributed by atoms with Crippen LogP contribution < -0.4 is 5.32 Å². The number of nitrogens with one attached hydrogen (secondary N) is 1. The summed E-state index contributed by atoms with van der Waals surface area (Å²) in [7, 11) is 0. The van der Waals surface area contributed by atoms with Crippen LogP contribution in [0.25, 0.3) is 0 Å². The molecule has 5 heteroatoms. The van der Waals surface area contributed by atoms with Crippen LogP contribution in [0.1, 0.15) is 39.2 Å². The lowest BCUT2D eigenvalue weighted by atomic mass is 9.90. The molecular formula is C15H23FN2O2. The van der Waals surface area contributed by atoms with Crippen LogP contribution in [0.2, 0.25) is 0 Å². The highest BCUT2D eigenvalue weighted by Gasteiger charge is 2.21. The Bertz CT molecular complexity index is 451. The monoisotopic (exact) mass is 282 g/mol. The molecule has 0 saturated heterocycles. The van der Waals surface area contributed by atoms with E-state index < -0.39 is 16.4 Å². The zero-order valence-electron chi connectivity index (χ0n) is 12.4. The minimum Gasteiger partial charge on any atom is -0.314 e. The van der Waals surface area contributed by atoms with E-state index in [4.69, 9.17) is 0 Å². The van der Waals surface area contributed by atoms with Gasteiger partial charge in [0.2, 0.25) is 5.82 Å². The fourth-order valence-electron chi connectivity index (χ4n) is 2.36. The summed E-state index contributed by atoms with van der Waals surface area (Å²) in [6.45, 7) is 7.17. The standard InChI is InChI=1S/C15H23FN2O2/c1-4-9-17-11(3)12(5-2)10-13-7-6-8-14(15(13)16)18(19)20/h6-8,11-12,17H,4-5,9-10H2,1-3H3. The van der Waals surface area contributed by atoms with Crippen molar-refractivity contribution in [3.8, 4) is 0 Å². The van der Waals surface area contributed by atoms with Crippen LogP contribution >= 0.6 is 0 Å². The lowest BCUT2D eigenvalue weighted by Crippen LogP contribution is -2.35. The molecule has 0 heterocycles. The number of hydrogen-bond acceptors (Lipinski definition) is 3. The molecule has 0 aliphatic heterocycles. The summed E-state index contributed by atoms with van der Waals surface area (Å²) in [6, 6.07) is 4.65. The van der Waals surface area contributed by atoms with E-state index in [1.807, 2.05) is 0 Å². The Kier molecular flexibility index (Phi) is 6.58. The zero-order valence-corrected chi connectivity index (χ0v) is 12.4. The second-order valence-corrected chi connectivity index (χ2v) is 5.12. The second-order valence-electron chi connectivity index (χ2n) is 5.12. The van der Waals surface area contributed by atoms with Crippen molar-refractivity contribution < 1.29 is 9.31 Å². The van der Waals surface area contributed by atoms with Gasteiger partial charge < -0.3 is 5.32 Å². The molecule has 2 unspecified atom stereocenters.